The topological polar surface area (TPSA) is 47.0 Å². The van der Waals surface area contributed by atoms with Crippen LogP contribution in [0.15, 0.2) is 6.07 Å². The Morgan fingerprint density at radius 2 is 2.31 bits per heavy atom. The van der Waals surface area contributed by atoms with E-state index in [-0.39, 0.29) is 0 Å². The highest BCUT2D eigenvalue weighted by Gasteiger charge is 2.01. The van der Waals surface area contributed by atoms with Crippen LogP contribution in [0.3, 0.4) is 0 Å². The van der Waals surface area contributed by atoms with Crippen LogP contribution in [-0.4, -0.2) is 23.1 Å². The van der Waals surface area contributed by atoms with Crippen molar-refractivity contribution in [2.75, 3.05) is 18.5 Å². The first-order valence-corrected chi connectivity index (χ1v) is 5.42. The number of aryl methyl sites for hydroxylation is 1. The molecule has 0 unspecified atom stereocenters. The highest BCUT2D eigenvalue weighted by atomic mass is 16.5. The van der Waals surface area contributed by atoms with E-state index in [4.69, 9.17) is 11.2 Å². The maximum Gasteiger partial charge on any atom is 0.218 e. The summed E-state index contributed by atoms with van der Waals surface area (Å²) in [5.74, 6) is 4.69. The van der Waals surface area contributed by atoms with Gasteiger partial charge in [-0.1, -0.05) is 0 Å². The Kier molecular flexibility index (Phi) is 5.13. The lowest BCUT2D eigenvalue weighted by Gasteiger charge is -2.07. The molecule has 0 aliphatic heterocycles. The van der Waals surface area contributed by atoms with Crippen LogP contribution in [0.4, 0.5) is 5.82 Å². The van der Waals surface area contributed by atoms with E-state index in [0.717, 1.165) is 25.2 Å². The monoisotopic (exact) mass is 219 g/mol. The highest BCUT2D eigenvalue weighted by molar-refractivity contribution is 5.38. The summed E-state index contributed by atoms with van der Waals surface area (Å²) in [6, 6.07) is 1.80. The largest absolute Gasteiger partial charge is 0.478 e. The second kappa shape index (κ2) is 6.67. The van der Waals surface area contributed by atoms with Gasteiger partial charge in [0.15, 0.2) is 0 Å². The van der Waals surface area contributed by atoms with Gasteiger partial charge in [-0.05, 0) is 20.3 Å². The summed E-state index contributed by atoms with van der Waals surface area (Å²) in [6.45, 7) is 5.19. The Morgan fingerprint density at radius 3 is 3.00 bits per heavy atom. The fourth-order valence-electron chi connectivity index (χ4n) is 1.26. The molecule has 4 nitrogen and oxygen atoms in total. The minimum Gasteiger partial charge on any atom is -0.478 e. The maximum atomic E-state index is 5.33. The van der Waals surface area contributed by atoms with E-state index in [2.05, 4.69) is 21.2 Å². The van der Waals surface area contributed by atoms with Crippen molar-refractivity contribution in [3.63, 3.8) is 0 Å². The fourth-order valence-corrected chi connectivity index (χ4v) is 1.26. The van der Waals surface area contributed by atoms with Crippen molar-refractivity contribution in [1.29, 1.82) is 0 Å². The van der Waals surface area contributed by atoms with Gasteiger partial charge in [0.25, 0.3) is 0 Å². The molecule has 1 aromatic rings. The van der Waals surface area contributed by atoms with Crippen LogP contribution in [0, 0.1) is 19.3 Å². The molecular formula is C12H17N3O. The van der Waals surface area contributed by atoms with Gasteiger partial charge in [0.05, 0.1) is 6.61 Å². The van der Waals surface area contributed by atoms with Crippen molar-refractivity contribution in [3.8, 4) is 18.2 Å². The van der Waals surface area contributed by atoms with Gasteiger partial charge in [-0.15, -0.1) is 12.3 Å². The maximum absolute atomic E-state index is 5.33. The van der Waals surface area contributed by atoms with E-state index < -0.39 is 0 Å². The van der Waals surface area contributed by atoms with Gasteiger partial charge >= 0.3 is 0 Å². The average molecular weight is 219 g/mol. The SMILES string of the molecule is C#CCCCNc1cc(OCC)nc(C)n1. The van der Waals surface area contributed by atoms with Crippen molar-refractivity contribution < 1.29 is 4.74 Å². The van der Waals surface area contributed by atoms with Crippen LogP contribution in [0.25, 0.3) is 0 Å². The second-order valence-corrected chi connectivity index (χ2v) is 3.31. The molecule has 0 aliphatic rings. The number of unbranched alkanes of at least 4 members (excludes halogenated alkanes) is 1. The van der Waals surface area contributed by atoms with Gasteiger partial charge in [-0.25, -0.2) is 4.98 Å². The van der Waals surface area contributed by atoms with Crippen molar-refractivity contribution >= 4 is 5.82 Å². The number of hydrogen-bond acceptors (Lipinski definition) is 4. The predicted octanol–water partition coefficient (Wildman–Crippen LogP) is 2.01. The molecule has 0 saturated carbocycles. The summed E-state index contributed by atoms with van der Waals surface area (Å²) >= 11 is 0. The lowest BCUT2D eigenvalue weighted by atomic mass is 10.3. The Bertz CT molecular complexity index is 371. The summed E-state index contributed by atoms with van der Waals surface area (Å²) in [5, 5.41) is 3.19. The number of nitrogens with zero attached hydrogens (tertiary/aromatic N) is 2. The van der Waals surface area contributed by atoms with E-state index in [1.54, 1.807) is 6.07 Å². The third-order valence-corrected chi connectivity index (χ3v) is 1.91. The summed E-state index contributed by atoms with van der Waals surface area (Å²) in [7, 11) is 0. The van der Waals surface area contributed by atoms with Gasteiger partial charge < -0.3 is 10.1 Å². The van der Waals surface area contributed by atoms with Crippen molar-refractivity contribution in [3.05, 3.63) is 11.9 Å². The molecule has 0 aliphatic carbocycles. The third-order valence-electron chi connectivity index (χ3n) is 1.91. The van der Waals surface area contributed by atoms with Gasteiger partial charge in [-0.3, -0.25) is 0 Å². The smallest absolute Gasteiger partial charge is 0.218 e. The Hall–Kier alpha value is -1.76. The molecule has 0 spiro atoms. The Labute approximate surface area is 96.5 Å². The van der Waals surface area contributed by atoms with Crippen LogP contribution >= 0.6 is 0 Å². The zero-order valence-electron chi connectivity index (χ0n) is 9.79. The molecule has 4 heteroatoms. The first kappa shape index (κ1) is 12.3. The molecule has 1 aromatic heterocycles. The van der Waals surface area contributed by atoms with Gasteiger partial charge in [0.1, 0.15) is 11.6 Å². The van der Waals surface area contributed by atoms with Crippen molar-refractivity contribution in [2.45, 2.75) is 26.7 Å². The van der Waals surface area contributed by atoms with Crippen LogP contribution in [0.5, 0.6) is 5.88 Å². The molecule has 1 rings (SSSR count). The summed E-state index contributed by atoms with van der Waals surface area (Å²) < 4.78 is 5.33. The standard InChI is InChI=1S/C12H17N3O/c1-4-6-7-8-13-11-9-12(16-5-2)15-10(3)14-11/h1,9H,5-8H2,2-3H3,(H,13,14,15). The number of hydrogen-bond donors (Lipinski definition) is 1. The fraction of sp³-hybridized carbons (Fsp3) is 0.500. The molecule has 1 heterocycles. The third kappa shape index (κ3) is 4.18. The van der Waals surface area contributed by atoms with E-state index >= 15 is 0 Å². The van der Waals surface area contributed by atoms with Crippen LogP contribution in [0.1, 0.15) is 25.6 Å². The molecule has 0 radical (unpaired) electrons. The number of terminal acetylenes is 1. The normalized spacial score (nSPS) is 9.56. The molecule has 0 atom stereocenters. The first-order chi connectivity index (χ1) is 7.76. The van der Waals surface area contributed by atoms with E-state index in [0.29, 0.717) is 18.3 Å². The number of nitrogens with one attached hydrogen (secondary N) is 1. The molecular weight excluding hydrogens is 202 g/mol. The molecule has 0 bridgehead atoms. The molecule has 0 amide bonds. The molecule has 1 N–H and O–H groups in total. The number of anilines is 1. The van der Waals surface area contributed by atoms with Gasteiger partial charge in [0.2, 0.25) is 5.88 Å². The van der Waals surface area contributed by atoms with Crippen molar-refractivity contribution in [2.24, 2.45) is 0 Å². The van der Waals surface area contributed by atoms with E-state index in [9.17, 15) is 0 Å². The van der Waals surface area contributed by atoms with Gasteiger partial charge in [0, 0.05) is 19.0 Å². The van der Waals surface area contributed by atoms with Crippen LogP contribution in [0.2, 0.25) is 0 Å². The summed E-state index contributed by atoms with van der Waals surface area (Å²) in [6.07, 6.45) is 6.88. The quantitative estimate of drug-likeness (QED) is 0.587. The number of rotatable bonds is 6. The zero-order valence-corrected chi connectivity index (χ0v) is 9.79. The lowest BCUT2D eigenvalue weighted by Crippen LogP contribution is -2.06. The first-order valence-electron chi connectivity index (χ1n) is 5.42. The summed E-state index contributed by atoms with van der Waals surface area (Å²) in [4.78, 5) is 8.42. The Morgan fingerprint density at radius 1 is 1.50 bits per heavy atom. The minimum absolute atomic E-state index is 0.604. The minimum atomic E-state index is 0.604. The summed E-state index contributed by atoms with van der Waals surface area (Å²) in [5.41, 5.74) is 0. The highest BCUT2D eigenvalue weighted by Crippen LogP contribution is 2.13. The molecule has 0 saturated heterocycles. The molecule has 0 fully saturated rings. The zero-order chi connectivity index (χ0) is 11.8. The number of ether oxygens (including phenoxy) is 1. The predicted molar refractivity (Wildman–Crippen MR) is 64.5 cm³/mol. The van der Waals surface area contributed by atoms with Crippen LogP contribution in [-0.2, 0) is 0 Å². The van der Waals surface area contributed by atoms with Crippen molar-refractivity contribution in [1.82, 2.24) is 9.97 Å². The lowest BCUT2D eigenvalue weighted by molar-refractivity contribution is 0.325. The molecule has 86 valence electrons. The second-order valence-electron chi connectivity index (χ2n) is 3.31. The number of aromatic nitrogens is 2. The molecule has 0 aromatic carbocycles. The molecule has 16 heavy (non-hydrogen) atoms. The van der Waals surface area contributed by atoms with E-state index in [1.165, 1.54) is 0 Å². The van der Waals surface area contributed by atoms with Crippen LogP contribution < -0.4 is 10.1 Å². The van der Waals surface area contributed by atoms with E-state index in [1.807, 2.05) is 13.8 Å². The Balaban J connectivity index is 2.55. The average Bonchev–Trinajstić information content (AvgIpc) is 2.24. The van der Waals surface area contributed by atoms with Gasteiger partial charge in [-0.2, -0.15) is 4.98 Å².